The average molecular weight is 200 g/mol. The van der Waals surface area contributed by atoms with Crippen molar-refractivity contribution in [1.82, 2.24) is 0 Å². The first-order valence-corrected chi connectivity index (χ1v) is 3.81. The summed E-state index contributed by atoms with van der Waals surface area (Å²) in [6.45, 7) is -0.305. The van der Waals surface area contributed by atoms with Gasteiger partial charge < -0.3 is 5.11 Å². The minimum Gasteiger partial charge on any atom is -0.384 e. The van der Waals surface area contributed by atoms with Gasteiger partial charge >= 0.3 is 6.18 Å². The van der Waals surface area contributed by atoms with Crippen LogP contribution in [0, 0.1) is 11.8 Å². The molecule has 0 spiro atoms. The Labute approximate surface area is 79.2 Å². The first-order chi connectivity index (χ1) is 6.54. The molecule has 0 fully saturated rings. The maximum absolute atomic E-state index is 12.1. The molecule has 0 aliphatic carbocycles. The number of rotatable bonds is 0. The van der Waals surface area contributed by atoms with Gasteiger partial charge in [-0.15, -0.1) is 0 Å². The average Bonchev–Trinajstić information content (AvgIpc) is 2.14. The monoisotopic (exact) mass is 200 g/mol. The molecule has 0 amide bonds. The molecule has 0 saturated heterocycles. The number of hydrogen-bond acceptors (Lipinski definition) is 1. The molecule has 74 valence electrons. The van der Waals surface area contributed by atoms with Crippen molar-refractivity contribution in [2.75, 3.05) is 6.61 Å². The van der Waals surface area contributed by atoms with E-state index in [-0.39, 0.29) is 6.61 Å². The molecule has 14 heavy (non-hydrogen) atoms. The lowest BCUT2D eigenvalue weighted by atomic mass is 10.1. The molecule has 0 aliphatic heterocycles. The summed E-state index contributed by atoms with van der Waals surface area (Å²) in [5, 5.41) is 8.36. The Bertz CT molecular complexity index is 354. The summed E-state index contributed by atoms with van der Waals surface area (Å²) < 4.78 is 36.3. The Morgan fingerprint density at radius 3 is 2.14 bits per heavy atom. The Balaban J connectivity index is 2.89. The van der Waals surface area contributed by atoms with Gasteiger partial charge in [0.25, 0.3) is 0 Å². The highest BCUT2D eigenvalue weighted by Gasteiger charge is 2.29. The molecular formula is C10H7F3O. The highest BCUT2D eigenvalue weighted by molar-refractivity contribution is 5.36. The number of benzene rings is 1. The van der Waals surface area contributed by atoms with E-state index in [0.717, 1.165) is 12.1 Å². The highest BCUT2D eigenvalue weighted by Crippen LogP contribution is 2.28. The molecule has 1 rings (SSSR count). The SMILES string of the molecule is OCC#Cc1ccc(C(F)(F)F)cc1. The quantitative estimate of drug-likeness (QED) is 0.635. The molecule has 1 aromatic carbocycles. The summed E-state index contributed by atoms with van der Waals surface area (Å²) in [5.41, 5.74) is -0.251. The summed E-state index contributed by atoms with van der Waals surface area (Å²) in [7, 11) is 0. The summed E-state index contributed by atoms with van der Waals surface area (Å²) in [6.07, 6.45) is -4.32. The molecule has 0 unspecified atom stereocenters. The summed E-state index contributed by atoms with van der Waals surface area (Å²) in [5.74, 6) is 4.85. The van der Waals surface area contributed by atoms with Crippen LogP contribution in [0.15, 0.2) is 24.3 Å². The van der Waals surface area contributed by atoms with Crippen molar-refractivity contribution < 1.29 is 18.3 Å². The lowest BCUT2D eigenvalue weighted by molar-refractivity contribution is -0.137. The summed E-state index contributed by atoms with van der Waals surface area (Å²) >= 11 is 0. The van der Waals surface area contributed by atoms with Crippen LogP contribution in [0.2, 0.25) is 0 Å². The van der Waals surface area contributed by atoms with Crippen LogP contribution in [0.3, 0.4) is 0 Å². The molecule has 1 aromatic rings. The predicted molar refractivity (Wildman–Crippen MR) is 45.4 cm³/mol. The van der Waals surface area contributed by atoms with E-state index in [4.69, 9.17) is 5.11 Å². The van der Waals surface area contributed by atoms with Crippen LogP contribution in [-0.4, -0.2) is 11.7 Å². The molecule has 1 nitrogen and oxygen atoms in total. The van der Waals surface area contributed by atoms with Crippen LogP contribution in [-0.2, 0) is 6.18 Å². The largest absolute Gasteiger partial charge is 0.416 e. The Morgan fingerprint density at radius 2 is 1.71 bits per heavy atom. The zero-order valence-electron chi connectivity index (χ0n) is 7.10. The maximum Gasteiger partial charge on any atom is 0.416 e. The van der Waals surface area contributed by atoms with E-state index in [0.29, 0.717) is 5.56 Å². The number of halogens is 3. The van der Waals surface area contributed by atoms with E-state index in [1.54, 1.807) is 0 Å². The van der Waals surface area contributed by atoms with E-state index in [1.807, 2.05) is 0 Å². The van der Waals surface area contributed by atoms with Gasteiger partial charge in [0.1, 0.15) is 6.61 Å². The fourth-order valence-corrected chi connectivity index (χ4v) is 0.884. The highest BCUT2D eigenvalue weighted by atomic mass is 19.4. The van der Waals surface area contributed by atoms with Crippen molar-refractivity contribution in [3.63, 3.8) is 0 Å². The normalized spacial score (nSPS) is 10.6. The predicted octanol–water partition coefficient (Wildman–Crippen LogP) is 2.05. The molecule has 0 aromatic heterocycles. The van der Waals surface area contributed by atoms with Crippen LogP contribution in [0.4, 0.5) is 13.2 Å². The molecule has 0 aliphatic rings. The van der Waals surface area contributed by atoms with Crippen molar-refractivity contribution in [3.05, 3.63) is 35.4 Å². The molecule has 4 heteroatoms. The molecule has 0 bridgehead atoms. The number of aliphatic hydroxyl groups excluding tert-OH is 1. The van der Waals surface area contributed by atoms with Gasteiger partial charge in [-0.05, 0) is 24.3 Å². The van der Waals surface area contributed by atoms with Gasteiger partial charge in [-0.2, -0.15) is 13.2 Å². The first-order valence-electron chi connectivity index (χ1n) is 3.81. The minimum absolute atomic E-state index is 0.305. The van der Waals surface area contributed by atoms with E-state index in [9.17, 15) is 13.2 Å². The van der Waals surface area contributed by atoms with Crippen LogP contribution in [0.1, 0.15) is 11.1 Å². The first kappa shape index (κ1) is 10.6. The van der Waals surface area contributed by atoms with Crippen LogP contribution < -0.4 is 0 Å². The van der Waals surface area contributed by atoms with Crippen LogP contribution in [0.25, 0.3) is 0 Å². The molecule has 0 radical (unpaired) electrons. The lowest BCUT2D eigenvalue weighted by Crippen LogP contribution is -2.04. The van der Waals surface area contributed by atoms with Crippen molar-refractivity contribution in [2.45, 2.75) is 6.18 Å². The fraction of sp³-hybridized carbons (Fsp3) is 0.200. The fourth-order valence-electron chi connectivity index (χ4n) is 0.884. The third-order valence-electron chi connectivity index (χ3n) is 1.52. The van der Waals surface area contributed by atoms with Gasteiger partial charge in [0.15, 0.2) is 0 Å². The summed E-state index contributed by atoms with van der Waals surface area (Å²) in [6, 6.07) is 4.46. The molecule has 0 heterocycles. The molecule has 0 atom stereocenters. The zero-order chi connectivity index (χ0) is 10.6. The number of alkyl halides is 3. The Kier molecular flexibility index (Phi) is 3.15. The van der Waals surface area contributed by atoms with Crippen molar-refractivity contribution >= 4 is 0 Å². The van der Waals surface area contributed by atoms with Gasteiger partial charge in [0.05, 0.1) is 5.56 Å². The third-order valence-corrected chi connectivity index (χ3v) is 1.52. The molecule has 1 N–H and O–H groups in total. The lowest BCUT2D eigenvalue weighted by Gasteiger charge is -2.05. The number of aliphatic hydroxyl groups is 1. The zero-order valence-corrected chi connectivity index (χ0v) is 7.10. The smallest absolute Gasteiger partial charge is 0.384 e. The second-order valence-corrected chi connectivity index (χ2v) is 2.53. The number of hydrogen-bond donors (Lipinski definition) is 1. The van der Waals surface area contributed by atoms with Crippen molar-refractivity contribution in [3.8, 4) is 11.8 Å². The maximum atomic E-state index is 12.1. The van der Waals surface area contributed by atoms with Crippen LogP contribution >= 0.6 is 0 Å². The van der Waals surface area contributed by atoms with E-state index >= 15 is 0 Å². The minimum atomic E-state index is -4.32. The third kappa shape index (κ3) is 2.79. The van der Waals surface area contributed by atoms with Crippen molar-refractivity contribution in [2.24, 2.45) is 0 Å². The standard InChI is InChI=1S/C10H7F3O/c11-10(12,13)9-5-3-8(4-6-9)2-1-7-14/h3-6,14H,7H2. The Hall–Kier alpha value is -1.47. The van der Waals surface area contributed by atoms with E-state index in [1.165, 1.54) is 12.1 Å². The van der Waals surface area contributed by atoms with Gasteiger partial charge in [-0.1, -0.05) is 11.8 Å². The van der Waals surface area contributed by atoms with E-state index in [2.05, 4.69) is 11.8 Å². The second kappa shape index (κ2) is 4.16. The van der Waals surface area contributed by atoms with Gasteiger partial charge in [0.2, 0.25) is 0 Å². The van der Waals surface area contributed by atoms with Crippen molar-refractivity contribution in [1.29, 1.82) is 0 Å². The van der Waals surface area contributed by atoms with Crippen LogP contribution in [0.5, 0.6) is 0 Å². The van der Waals surface area contributed by atoms with Gasteiger partial charge in [0, 0.05) is 5.56 Å². The second-order valence-electron chi connectivity index (χ2n) is 2.53. The topological polar surface area (TPSA) is 20.2 Å². The molecule has 0 saturated carbocycles. The summed E-state index contributed by atoms with van der Waals surface area (Å²) in [4.78, 5) is 0. The Morgan fingerprint density at radius 1 is 1.14 bits per heavy atom. The van der Waals surface area contributed by atoms with E-state index < -0.39 is 11.7 Å². The van der Waals surface area contributed by atoms with Gasteiger partial charge in [-0.25, -0.2) is 0 Å². The van der Waals surface area contributed by atoms with Gasteiger partial charge in [-0.3, -0.25) is 0 Å². The molecular weight excluding hydrogens is 193 g/mol.